The summed E-state index contributed by atoms with van der Waals surface area (Å²) in [6.45, 7) is 1.82. The molecule has 6 nitrogen and oxygen atoms in total. The molecule has 4 aliphatic rings. The number of esters is 1. The number of nitrogens with zero attached hydrogens (tertiary/aromatic N) is 1. The van der Waals surface area contributed by atoms with E-state index >= 15 is 0 Å². The Labute approximate surface area is 153 Å². The molecule has 0 aromatic carbocycles. The fourth-order valence-corrected chi connectivity index (χ4v) is 5.91. The molecule has 140 valence electrons. The molecule has 4 bridgehead atoms. The van der Waals surface area contributed by atoms with E-state index in [4.69, 9.17) is 4.74 Å². The van der Waals surface area contributed by atoms with Gasteiger partial charge in [0.2, 0.25) is 0 Å². The highest BCUT2D eigenvalue weighted by atomic mass is 16.5. The third-order valence-corrected chi connectivity index (χ3v) is 6.75. The monoisotopic (exact) mass is 358 g/mol. The molecule has 26 heavy (non-hydrogen) atoms. The molecule has 1 heterocycles. The van der Waals surface area contributed by atoms with Gasteiger partial charge in [0.05, 0.1) is 5.56 Å². The summed E-state index contributed by atoms with van der Waals surface area (Å²) in [4.78, 5) is 24.2. The summed E-state index contributed by atoms with van der Waals surface area (Å²) in [7, 11) is 0. The van der Waals surface area contributed by atoms with Crippen molar-refractivity contribution in [3.8, 4) is 0 Å². The maximum Gasteiger partial charge on any atom is 0.339 e. The maximum atomic E-state index is 12.3. The minimum atomic E-state index is -0.594. The number of hydrogen-bond donors (Lipinski definition) is 1. The molecule has 0 unspecified atom stereocenters. The summed E-state index contributed by atoms with van der Waals surface area (Å²) in [5.74, 6) is 1.65. The molecular formula is C20H26N2O4. The Kier molecular flexibility index (Phi) is 4.37. The summed E-state index contributed by atoms with van der Waals surface area (Å²) in [5.41, 5.74) is 0.495. The van der Waals surface area contributed by atoms with Crippen LogP contribution in [0.5, 0.6) is 0 Å². The molecule has 5 rings (SSSR count). The van der Waals surface area contributed by atoms with Gasteiger partial charge < -0.3 is 15.3 Å². The van der Waals surface area contributed by atoms with Crippen LogP contribution in [0.4, 0.5) is 0 Å². The van der Waals surface area contributed by atoms with Crippen LogP contribution in [0.1, 0.15) is 55.8 Å². The lowest BCUT2D eigenvalue weighted by molar-refractivity contribution is -0.605. The lowest BCUT2D eigenvalue weighted by Gasteiger charge is -2.59. The summed E-state index contributed by atoms with van der Waals surface area (Å²) in [6, 6.07) is 2.87. The summed E-state index contributed by atoms with van der Waals surface area (Å²) >= 11 is 0. The van der Waals surface area contributed by atoms with Crippen LogP contribution in [0.15, 0.2) is 24.5 Å². The van der Waals surface area contributed by atoms with E-state index in [1.165, 1.54) is 63.1 Å². The fourth-order valence-electron chi connectivity index (χ4n) is 5.91. The molecule has 1 amide bonds. The predicted octanol–water partition coefficient (Wildman–Crippen LogP) is 2.20. The van der Waals surface area contributed by atoms with Crippen molar-refractivity contribution < 1.29 is 19.1 Å². The van der Waals surface area contributed by atoms with Gasteiger partial charge in [-0.3, -0.25) is 4.79 Å². The van der Waals surface area contributed by atoms with E-state index in [2.05, 4.69) is 12.2 Å². The summed E-state index contributed by atoms with van der Waals surface area (Å²) in [6.07, 6.45) is 10.2. The van der Waals surface area contributed by atoms with Crippen LogP contribution >= 0.6 is 0 Å². The van der Waals surface area contributed by atoms with E-state index < -0.39 is 5.97 Å². The number of amides is 1. The first-order valence-corrected chi connectivity index (χ1v) is 9.59. The van der Waals surface area contributed by atoms with Crippen molar-refractivity contribution in [1.82, 2.24) is 5.32 Å². The molecule has 0 radical (unpaired) electrons. The average molecular weight is 358 g/mol. The highest BCUT2D eigenvalue weighted by Crippen LogP contribution is 2.61. The van der Waals surface area contributed by atoms with Gasteiger partial charge in [-0.25, -0.2) is 4.79 Å². The van der Waals surface area contributed by atoms with E-state index in [0.29, 0.717) is 4.73 Å². The average Bonchev–Trinajstić information content (AvgIpc) is 2.59. The van der Waals surface area contributed by atoms with Crippen LogP contribution in [-0.4, -0.2) is 24.5 Å². The molecule has 6 heteroatoms. The highest BCUT2D eigenvalue weighted by molar-refractivity contribution is 5.91. The molecule has 4 aliphatic carbocycles. The van der Waals surface area contributed by atoms with Gasteiger partial charge in [-0.1, -0.05) is 0 Å². The number of carbonyl (C=O) groups excluding carboxylic acids is 2. The van der Waals surface area contributed by atoms with Crippen molar-refractivity contribution in [3.63, 3.8) is 0 Å². The number of rotatable bonds is 5. The van der Waals surface area contributed by atoms with Crippen LogP contribution in [0.25, 0.3) is 0 Å². The van der Waals surface area contributed by atoms with Gasteiger partial charge in [0.25, 0.3) is 5.91 Å². The Hall–Kier alpha value is -2.11. The SMILES string of the molecule is C[C@H](NC(=O)COC(=O)c1cc[n+]([O-])cc1)C12CC3CC(CC(C3)C1)C2. The molecular weight excluding hydrogens is 332 g/mol. The third kappa shape index (κ3) is 3.29. The topological polar surface area (TPSA) is 82.3 Å². The van der Waals surface area contributed by atoms with Crippen molar-refractivity contribution in [2.24, 2.45) is 23.2 Å². The third-order valence-electron chi connectivity index (χ3n) is 6.75. The molecule has 1 aromatic heterocycles. The highest BCUT2D eigenvalue weighted by Gasteiger charge is 2.53. The Morgan fingerprint density at radius 2 is 1.73 bits per heavy atom. The second kappa shape index (κ2) is 6.56. The minimum Gasteiger partial charge on any atom is -0.619 e. The standard InChI is InChI=1S/C20H26N2O4/c1-13(20-9-14-6-15(10-20)8-16(7-14)11-20)21-18(23)12-26-19(24)17-2-4-22(25)5-3-17/h2-5,13-16H,6-12H2,1H3,(H,21,23)/t13-,14?,15?,16?,20?/m0/s1. The second-order valence-electron chi connectivity index (χ2n) is 8.59. The number of nitrogens with one attached hydrogen (secondary N) is 1. The van der Waals surface area contributed by atoms with Crippen LogP contribution in [0.3, 0.4) is 0 Å². The van der Waals surface area contributed by atoms with Crippen molar-refractivity contribution >= 4 is 11.9 Å². The molecule has 0 saturated heterocycles. The van der Waals surface area contributed by atoms with Crippen molar-refractivity contribution in [3.05, 3.63) is 35.3 Å². The zero-order valence-corrected chi connectivity index (χ0v) is 15.1. The van der Waals surface area contributed by atoms with Crippen LogP contribution in [-0.2, 0) is 9.53 Å². The lowest BCUT2D eigenvalue weighted by Crippen LogP contribution is -2.56. The van der Waals surface area contributed by atoms with Crippen LogP contribution in [0.2, 0.25) is 0 Å². The Bertz CT molecular complexity index is 665. The van der Waals surface area contributed by atoms with E-state index in [9.17, 15) is 14.8 Å². The first kappa shape index (κ1) is 17.3. The molecule has 4 fully saturated rings. The van der Waals surface area contributed by atoms with Crippen LogP contribution in [0, 0.1) is 28.4 Å². The Balaban J connectivity index is 1.31. The number of aromatic nitrogens is 1. The van der Waals surface area contributed by atoms with Crippen molar-refractivity contribution in [2.75, 3.05) is 6.61 Å². The van der Waals surface area contributed by atoms with Crippen molar-refractivity contribution in [2.45, 2.75) is 51.5 Å². The zero-order chi connectivity index (χ0) is 18.3. The van der Waals surface area contributed by atoms with Gasteiger partial charge >= 0.3 is 5.97 Å². The van der Waals surface area contributed by atoms with E-state index in [0.717, 1.165) is 17.8 Å². The van der Waals surface area contributed by atoms with Crippen molar-refractivity contribution in [1.29, 1.82) is 0 Å². The predicted molar refractivity (Wildman–Crippen MR) is 93.9 cm³/mol. The minimum absolute atomic E-state index is 0.109. The van der Waals surface area contributed by atoms with Crippen LogP contribution < -0.4 is 10.0 Å². The first-order valence-electron chi connectivity index (χ1n) is 9.59. The second-order valence-corrected chi connectivity index (χ2v) is 8.59. The van der Waals surface area contributed by atoms with E-state index in [-0.39, 0.29) is 29.5 Å². The number of pyridine rings is 1. The fraction of sp³-hybridized carbons (Fsp3) is 0.650. The van der Waals surface area contributed by atoms with Gasteiger partial charge in [-0.05, 0) is 68.6 Å². The molecule has 0 spiro atoms. The zero-order valence-electron chi connectivity index (χ0n) is 15.1. The largest absolute Gasteiger partial charge is 0.619 e. The van der Waals surface area contributed by atoms with Gasteiger partial charge in [0.1, 0.15) is 0 Å². The normalized spacial score (nSPS) is 32.9. The molecule has 4 saturated carbocycles. The molecule has 1 N–H and O–H groups in total. The smallest absolute Gasteiger partial charge is 0.339 e. The Morgan fingerprint density at radius 3 is 2.27 bits per heavy atom. The van der Waals surface area contributed by atoms with Gasteiger partial charge in [-0.15, -0.1) is 0 Å². The van der Waals surface area contributed by atoms with E-state index in [1.807, 2.05) is 0 Å². The number of ether oxygens (including phenoxy) is 1. The Morgan fingerprint density at radius 1 is 1.19 bits per heavy atom. The molecule has 1 atom stereocenters. The maximum absolute atomic E-state index is 12.3. The summed E-state index contributed by atoms with van der Waals surface area (Å²) in [5, 5.41) is 14.1. The van der Waals surface area contributed by atoms with Gasteiger partial charge in [0.15, 0.2) is 19.0 Å². The number of carbonyl (C=O) groups is 2. The van der Waals surface area contributed by atoms with Gasteiger partial charge in [0, 0.05) is 18.2 Å². The quantitative estimate of drug-likeness (QED) is 0.497. The summed E-state index contributed by atoms with van der Waals surface area (Å²) < 4.78 is 5.68. The number of hydrogen-bond acceptors (Lipinski definition) is 4. The lowest BCUT2D eigenvalue weighted by atomic mass is 9.48. The first-order chi connectivity index (χ1) is 12.4. The molecule has 0 aliphatic heterocycles. The molecule has 1 aromatic rings. The van der Waals surface area contributed by atoms with Gasteiger partial charge in [-0.2, -0.15) is 4.73 Å². The van der Waals surface area contributed by atoms with E-state index in [1.54, 1.807) is 0 Å².